The van der Waals surface area contributed by atoms with Crippen LogP contribution in [0, 0.1) is 5.41 Å². The molecule has 1 amide bonds. The van der Waals surface area contributed by atoms with Gasteiger partial charge in [0.1, 0.15) is 0 Å². The van der Waals surface area contributed by atoms with Gasteiger partial charge in [0.05, 0.1) is 11.0 Å². The summed E-state index contributed by atoms with van der Waals surface area (Å²) in [7, 11) is 0. The molecule has 1 saturated heterocycles. The average molecular weight is 344 g/mol. The van der Waals surface area contributed by atoms with Crippen molar-refractivity contribution in [2.75, 3.05) is 11.4 Å². The highest BCUT2D eigenvalue weighted by atomic mass is 16.3. The Hall–Kier alpha value is -1.35. The van der Waals surface area contributed by atoms with E-state index in [1.165, 1.54) is 5.56 Å². The Labute approximate surface area is 152 Å². The quantitative estimate of drug-likeness (QED) is 0.855. The zero-order valence-corrected chi connectivity index (χ0v) is 16.3. The molecule has 138 valence electrons. The van der Waals surface area contributed by atoms with Crippen LogP contribution < -0.4 is 4.90 Å². The number of nitrogens with zero attached hydrogens (tertiary/aromatic N) is 1. The van der Waals surface area contributed by atoms with Crippen molar-refractivity contribution in [2.45, 2.75) is 83.7 Å². The van der Waals surface area contributed by atoms with Gasteiger partial charge in [-0.2, -0.15) is 0 Å². The Morgan fingerprint density at radius 3 is 2.16 bits per heavy atom. The highest BCUT2D eigenvalue weighted by molar-refractivity contribution is 6.00. The number of anilines is 1. The summed E-state index contributed by atoms with van der Waals surface area (Å²) in [6.07, 6.45) is 5.98. The predicted octanol–water partition coefficient (Wildman–Crippen LogP) is 4.81. The number of aliphatic hydroxyl groups is 1. The van der Waals surface area contributed by atoms with Crippen molar-refractivity contribution >= 4 is 11.6 Å². The summed E-state index contributed by atoms with van der Waals surface area (Å²) in [5.74, 6) is 0.273. The van der Waals surface area contributed by atoms with E-state index in [9.17, 15) is 9.90 Å². The van der Waals surface area contributed by atoms with E-state index in [1.54, 1.807) is 0 Å². The summed E-state index contributed by atoms with van der Waals surface area (Å²) in [4.78, 5) is 15.1. The molecule has 0 unspecified atom stereocenters. The molecule has 0 atom stereocenters. The summed E-state index contributed by atoms with van der Waals surface area (Å²) in [6.45, 7) is 9.54. The topological polar surface area (TPSA) is 40.5 Å². The summed E-state index contributed by atoms with van der Waals surface area (Å²) in [6, 6.07) is 8.48. The maximum atomic E-state index is 13.2. The SMILES string of the molecule is CCCC1(O)CCC2(CCN(c3ccc(C(C)(C)C)cc3)C2=O)CC1. The van der Waals surface area contributed by atoms with Crippen LogP contribution in [-0.2, 0) is 10.2 Å². The molecule has 1 saturated carbocycles. The van der Waals surface area contributed by atoms with Crippen molar-refractivity contribution in [1.82, 2.24) is 0 Å². The van der Waals surface area contributed by atoms with E-state index in [0.29, 0.717) is 0 Å². The van der Waals surface area contributed by atoms with Crippen LogP contribution in [-0.4, -0.2) is 23.2 Å². The molecule has 2 fully saturated rings. The van der Waals surface area contributed by atoms with Crippen LogP contribution in [0.3, 0.4) is 0 Å². The monoisotopic (exact) mass is 343 g/mol. The smallest absolute Gasteiger partial charge is 0.233 e. The number of rotatable bonds is 3. The fraction of sp³-hybridized carbons (Fsp3) is 0.682. The van der Waals surface area contributed by atoms with Crippen molar-refractivity contribution in [1.29, 1.82) is 0 Å². The third-order valence-electron chi connectivity index (χ3n) is 6.41. The number of hydrogen-bond acceptors (Lipinski definition) is 2. The lowest BCUT2D eigenvalue weighted by Gasteiger charge is -2.41. The molecule has 1 aromatic rings. The molecule has 0 radical (unpaired) electrons. The fourth-order valence-corrected chi connectivity index (χ4v) is 4.58. The second-order valence-corrected chi connectivity index (χ2v) is 9.26. The summed E-state index contributed by atoms with van der Waals surface area (Å²) < 4.78 is 0. The highest BCUT2D eigenvalue weighted by Crippen LogP contribution is 2.49. The minimum absolute atomic E-state index is 0.127. The lowest BCUT2D eigenvalue weighted by molar-refractivity contribution is -0.130. The Balaban J connectivity index is 1.72. The largest absolute Gasteiger partial charge is 0.390 e. The zero-order chi connectivity index (χ0) is 18.3. The first-order valence-electron chi connectivity index (χ1n) is 9.84. The molecule has 3 nitrogen and oxygen atoms in total. The Morgan fingerprint density at radius 2 is 1.64 bits per heavy atom. The first-order valence-corrected chi connectivity index (χ1v) is 9.84. The van der Waals surface area contributed by atoms with Crippen LogP contribution in [0.2, 0.25) is 0 Å². The van der Waals surface area contributed by atoms with E-state index in [4.69, 9.17) is 0 Å². The number of amides is 1. The summed E-state index contributed by atoms with van der Waals surface area (Å²) >= 11 is 0. The molecule has 1 heterocycles. The van der Waals surface area contributed by atoms with Crippen molar-refractivity contribution in [3.8, 4) is 0 Å². The van der Waals surface area contributed by atoms with Crippen LogP contribution >= 0.6 is 0 Å². The summed E-state index contributed by atoms with van der Waals surface area (Å²) in [5.41, 5.74) is 1.66. The minimum Gasteiger partial charge on any atom is -0.390 e. The normalized spacial score (nSPS) is 30.3. The number of carbonyl (C=O) groups is 1. The first-order chi connectivity index (χ1) is 11.7. The molecule has 3 heteroatoms. The van der Waals surface area contributed by atoms with Gasteiger partial charge >= 0.3 is 0 Å². The van der Waals surface area contributed by atoms with Crippen LogP contribution in [0.4, 0.5) is 5.69 Å². The van der Waals surface area contributed by atoms with Gasteiger partial charge < -0.3 is 10.0 Å². The molecule has 25 heavy (non-hydrogen) atoms. The van der Waals surface area contributed by atoms with Gasteiger partial charge in [-0.15, -0.1) is 0 Å². The van der Waals surface area contributed by atoms with Gasteiger partial charge in [-0.1, -0.05) is 46.2 Å². The number of carbonyl (C=O) groups excluding carboxylic acids is 1. The average Bonchev–Trinajstić information content (AvgIpc) is 2.87. The third kappa shape index (κ3) is 3.48. The summed E-state index contributed by atoms with van der Waals surface area (Å²) in [5, 5.41) is 10.7. The minimum atomic E-state index is -0.540. The number of hydrogen-bond donors (Lipinski definition) is 1. The van der Waals surface area contributed by atoms with Crippen LogP contribution in [0.15, 0.2) is 24.3 Å². The molecule has 2 aliphatic rings. The Bertz CT molecular complexity index is 618. The van der Waals surface area contributed by atoms with Gasteiger partial charge in [-0.25, -0.2) is 0 Å². The lowest BCUT2D eigenvalue weighted by atomic mass is 9.67. The van der Waals surface area contributed by atoms with E-state index in [2.05, 4.69) is 52.0 Å². The van der Waals surface area contributed by atoms with Gasteiger partial charge in [0.2, 0.25) is 5.91 Å². The van der Waals surface area contributed by atoms with Crippen molar-refractivity contribution < 1.29 is 9.90 Å². The van der Waals surface area contributed by atoms with E-state index in [-0.39, 0.29) is 16.7 Å². The van der Waals surface area contributed by atoms with Crippen LogP contribution in [0.25, 0.3) is 0 Å². The maximum Gasteiger partial charge on any atom is 0.233 e. The predicted molar refractivity (Wildman–Crippen MR) is 103 cm³/mol. The second-order valence-electron chi connectivity index (χ2n) is 9.26. The molecule has 3 rings (SSSR count). The Kier molecular flexibility index (Phi) is 4.74. The number of benzene rings is 1. The van der Waals surface area contributed by atoms with Gasteiger partial charge in [0.25, 0.3) is 0 Å². The highest BCUT2D eigenvalue weighted by Gasteiger charge is 2.51. The molecule has 1 aromatic carbocycles. The molecular weight excluding hydrogens is 310 g/mol. The van der Waals surface area contributed by atoms with Crippen molar-refractivity contribution in [2.24, 2.45) is 5.41 Å². The maximum absolute atomic E-state index is 13.2. The standard InChI is InChI=1S/C22H33NO2/c1-5-10-22(25)13-11-21(12-14-22)15-16-23(19(21)24)18-8-6-17(7-9-18)20(2,3)4/h6-9,25H,5,10-16H2,1-4H3. The molecular formula is C22H33NO2. The van der Waals surface area contributed by atoms with Gasteiger partial charge in [0.15, 0.2) is 0 Å². The molecule has 0 aromatic heterocycles. The van der Waals surface area contributed by atoms with Gasteiger partial charge in [-0.3, -0.25) is 4.79 Å². The van der Waals surface area contributed by atoms with E-state index in [0.717, 1.165) is 57.2 Å². The third-order valence-corrected chi connectivity index (χ3v) is 6.41. The molecule has 1 aliphatic heterocycles. The van der Waals surface area contributed by atoms with Crippen molar-refractivity contribution in [3.05, 3.63) is 29.8 Å². The van der Waals surface area contributed by atoms with Crippen LogP contribution in [0.5, 0.6) is 0 Å². The second kappa shape index (κ2) is 6.42. The van der Waals surface area contributed by atoms with Crippen LogP contribution in [0.1, 0.15) is 78.2 Å². The zero-order valence-electron chi connectivity index (χ0n) is 16.3. The first kappa shape index (κ1) is 18.4. The molecule has 0 bridgehead atoms. The fourth-order valence-electron chi connectivity index (χ4n) is 4.58. The molecule has 1 aliphatic carbocycles. The molecule has 1 spiro atoms. The van der Waals surface area contributed by atoms with E-state index in [1.807, 2.05) is 4.90 Å². The van der Waals surface area contributed by atoms with Gasteiger partial charge in [0, 0.05) is 12.2 Å². The molecule has 1 N–H and O–H groups in total. The van der Waals surface area contributed by atoms with Gasteiger partial charge in [-0.05, 0) is 61.6 Å². The Morgan fingerprint density at radius 1 is 1.04 bits per heavy atom. The van der Waals surface area contributed by atoms with E-state index >= 15 is 0 Å². The van der Waals surface area contributed by atoms with E-state index < -0.39 is 5.60 Å². The van der Waals surface area contributed by atoms with Crippen molar-refractivity contribution in [3.63, 3.8) is 0 Å². The lowest BCUT2D eigenvalue weighted by Crippen LogP contribution is -2.43.